The largest absolute Gasteiger partial charge is 0.484 e. The molecule has 0 saturated carbocycles. The SMILES string of the molecule is Cl.NC(=O)OC(CCCCC(=O)Nc1ccccc1N)C(=O)Nc1cccc(OCC(F)(F)F)c1. The highest BCUT2D eigenvalue weighted by Gasteiger charge is 2.28. The Balaban J connectivity index is 0.00000612. The number of para-hydroxylation sites is 2. The number of primary amides is 1. The Bertz CT molecular complexity index is 1010. The van der Waals surface area contributed by atoms with Crippen molar-refractivity contribution in [3.8, 4) is 5.75 Å². The van der Waals surface area contributed by atoms with Gasteiger partial charge in [-0.15, -0.1) is 12.4 Å². The maximum absolute atomic E-state index is 12.5. The summed E-state index contributed by atoms with van der Waals surface area (Å²) in [6.07, 6.45) is -6.00. The molecular weight excluding hydrogens is 493 g/mol. The van der Waals surface area contributed by atoms with Crippen LogP contribution in [0.2, 0.25) is 0 Å². The third-order valence-electron chi connectivity index (χ3n) is 4.41. The molecule has 0 heterocycles. The number of benzene rings is 2. The van der Waals surface area contributed by atoms with E-state index in [2.05, 4.69) is 15.4 Å². The summed E-state index contributed by atoms with van der Waals surface area (Å²) in [5.74, 6) is -1.11. The lowest BCUT2D eigenvalue weighted by Gasteiger charge is -2.17. The molecule has 0 bridgehead atoms. The predicted octanol–water partition coefficient (Wildman–Crippen LogP) is 4.23. The normalized spacial score (nSPS) is 11.5. The van der Waals surface area contributed by atoms with Gasteiger partial charge in [0.2, 0.25) is 5.91 Å². The molecule has 0 spiro atoms. The molecule has 0 aliphatic heterocycles. The Kier molecular flexibility index (Phi) is 11.7. The minimum atomic E-state index is -4.51. The lowest BCUT2D eigenvalue weighted by molar-refractivity contribution is -0.153. The second-order valence-electron chi connectivity index (χ2n) is 7.23. The van der Waals surface area contributed by atoms with Crippen LogP contribution in [0.25, 0.3) is 0 Å². The van der Waals surface area contributed by atoms with E-state index in [0.717, 1.165) is 0 Å². The zero-order valence-electron chi connectivity index (χ0n) is 18.5. The van der Waals surface area contributed by atoms with Gasteiger partial charge in [-0.25, -0.2) is 4.79 Å². The summed E-state index contributed by atoms with van der Waals surface area (Å²) < 4.78 is 46.5. The topological polar surface area (TPSA) is 146 Å². The first kappa shape index (κ1) is 29.4. The van der Waals surface area contributed by atoms with E-state index in [1.807, 2.05) is 0 Å². The van der Waals surface area contributed by atoms with Gasteiger partial charge in [0.15, 0.2) is 12.7 Å². The summed E-state index contributed by atoms with van der Waals surface area (Å²) >= 11 is 0. The van der Waals surface area contributed by atoms with E-state index < -0.39 is 30.9 Å². The van der Waals surface area contributed by atoms with E-state index in [1.165, 1.54) is 24.3 Å². The Hall–Kier alpha value is -3.67. The number of unbranched alkanes of at least 4 members (excludes halogenated alkanes) is 1. The highest BCUT2D eigenvalue weighted by Crippen LogP contribution is 2.22. The maximum atomic E-state index is 12.5. The second kappa shape index (κ2) is 13.9. The van der Waals surface area contributed by atoms with Crippen LogP contribution in [0.1, 0.15) is 25.7 Å². The number of ether oxygens (including phenoxy) is 2. The van der Waals surface area contributed by atoms with Gasteiger partial charge < -0.3 is 31.6 Å². The lowest BCUT2D eigenvalue weighted by atomic mass is 10.1. The van der Waals surface area contributed by atoms with Gasteiger partial charge in [0.25, 0.3) is 5.91 Å². The molecule has 0 aliphatic carbocycles. The van der Waals surface area contributed by atoms with Crippen molar-refractivity contribution < 1.29 is 37.0 Å². The van der Waals surface area contributed by atoms with Crippen molar-refractivity contribution in [3.63, 3.8) is 0 Å². The molecule has 1 atom stereocenters. The standard InChI is InChI=1S/C22H25F3N4O5.ClH/c23-22(24,25)13-33-15-7-5-6-14(12-15)28-20(31)18(34-21(27)32)10-3-4-11-19(30)29-17-9-2-1-8-16(17)26;/h1-2,5-9,12,18H,3-4,10-11,13,26H2,(H2,27,32)(H,28,31)(H,29,30);1H. The molecule has 2 aromatic carbocycles. The van der Waals surface area contributed by atoms with Gasteiger partial charge in [0.05, 0.1) is 11.4 Å². The summed E-state index contributed by atoms with van der Waals surface area (Å²) in [6.45, 7) is -1.48. The molecule has 9 nitrogen and oxygen atoms in total. The quantitative estimate of drug-likeness (QED) is 0.258. The van der Waals surface area contributed by atoms with Crippen LogP contribution in [0.3, 0.4) is 0 Å². The number of amides is 3. The van der Waals surface area contributed by atoms with E-state index in [1.54, 1.807) is 24.3 Å². The first-order valence-corrected chi connectivity index (χ1v) is 10.2. The van der Waals surface area contributed by atoms with Crippen LogP contribution in [0, 0.1) is 0 Å². The molecule has 0 aromatic heterocycles. The minimum Gasteiger partial charge on any atom is -0.484 e. The van der Waals surface area contributed by atoms with Gasteiger partial charge in [0.1, 0.15) is 5.75 Å². The van der Waals surface area contributed by atoms with Crippen LogP contribution in [-0.2, 0) is 14.3 Å². The van der Waals surface area contributed by atoms with Crippen LogP contribution >= 0.6 is 12.4 Å². The van der Waals surface area contributed by atoms with Gasteiger partial charge in [-0.2, -0.15) is 13.2 Å². The van der Waals surface area contributed by atoms with Crippen LogP contribution in [-0.4, -0.2) is 36.8 Å². The van der Waals surface area contributed by atoms with Gasteiger partial charge in [0, 0.05) is 18.2 Å². The van der Waals surface area contributed by atoms with E-state index in [4.69, 9.17) is 16.2 Å². The van der Waals surface area contributed by atoms with Crippen LogP contribution < -0.4 is 26.8 Å². The third-order valence-corrected chi connectivity index (χ3v) is 4.41. The van der Waals surface area contributed by atoms with Crippen molar-refractivity contribution in [2.75, 3.05) is 23.0 Å². The van der Waals surface area contributed by atoms with Gasteiger partial charge in [-0.05, 0) is 43.5 Å². The molecule has 2 rings (SSSR count). The van der Waals surface area contributed by atoms with E-state index in [-0.39, 0.29) is 42.6 Å². The van der Waals surface area contributed by atoms with Crippen LogP contribution in [0.15, 0.2) is 48.5 Å². The molecular formula is C22H26ClF3N4O5. The molecule has 0 saturated heterocycles. The average molecular weight is 519 g/mol. The fourth-order valence-corrected chi connectivity index (χ4v) is 2.87. The highest BCUT2D eigenvalue weighted by molar-refractivity contribution is 5.95. The number of carbonyl (C=O) groups is 3. The van der Waals surface area contributed by atoms with Crippen molar-refractivity contribution in [3.05, 3.63) is 48.5 Å². The molecule has 3 amide bonds. The molecule has 0 fully saturated rings. The second-order valence-corrected chi connectivity index (χ2v) is 7.23. The zero-order valence-corrected chi connectivity index (χ0v) is 19.3. The minimum absolute atomic E-state index is 0. The van der Waals surface area contributed by atoms with E-state index in [0.29, 0.717) is 24.2 Å². The number of nitrogens with two attached hydrogens (primary N) is 2. The van der Waals surface area contributed by atoms with Crippen molar-refractivity contribution in [1.29, 1.82) is 0 Å². The summed E-state index contributed by atoms with van der Waals surface area (Å²) in [4.78, 5) is 35.8. The first-order valence-electron chi connectivity index (χ1n) is 10.2. The lowest BCUT2D eigenvalue weighted by Crippen LogP contribution is -2.34. The van der Waals surface area contributed by atoms with Crippen molar-refractivity contribution in [2.45, 2.75) is 38.0 Å². The predicted molar refractivity (Wildman–Crippen MR) is 126 cm³/mol. The summed E-state index contributed by atoms with van der Waals surface area (Å²) in [5.41, 5.74) is 11.9. The van der Waals surface area contributed by atoms with Gasteiger partial charge in [-0.1, -0.05) is 18.2 Å². The number of hydrogen-bond donors (Lipinski definition) is 4. The molecule has 0 radical (unpaired) electrons. The number of alkyl halides is 3. The van der Waals surface area contributed by atoms with Crippen molar-refractivity contribution in [1.82, 2.24) is 0 Å². The Labute approximate surface area is 205 Å². The molecule has 0 aliphatic rings. The molecule has 6 N–H and O–H groups in total. The number of halogens is 4. The number of rotatable bonds is 11. The van der Waals surface area contributed by atoms with Crippen molar-refractivity contribution in [2.24, 2.45) is 5.73 Å². The number of hydrogen-bond acceptors (Lipinski definition) is 6. The molecule has 192 valence electrons. The van der Waals surface area contributed by atoms with Crippen LogP contribution in [0.4, 0.5) is 35.0 Å². The van der Waals surface area contributed by atoms with E-state index >= 15 is 0 Å². The van der Waals surface area contributed by atoms with Crippen LogP contribution in [0.5, 0.6) is 5.75 Å². The average Bonchev–Trinajstić information content (AvgIpc) is 2.75. The van der Waals surface area contributed by atoms with Crippen molar-refractivity contribution >= 4 is 47.4 Å². The monoisotopic (exact) mass is 518 g/mol. The van der Waals surface area contributed by atoms with Gasteiger partial charge in [-0.3, -0.25) is 9.59 Å². The first-order chi connectivity index (χ1) is 16.0. The summed E-state index contributed by atoms with van der Waals surface area (Å²) in [5, 5.41) is 5.13. The summed E-state index contributed by atoms with van der Waals surface area (Å²) in [7, 11) is 0. The number of carbonyl (C=O) groups excluding carboxylic acids is 3. The molecule has 1 unspecified atom stereocenters. The van der Waals surface area contributed by atoms with Gasteiger partial charge >= 0.3 is 12.3 Å². The Morgan fingerprint density at radius 1 is 1.00 bits per heavy atom. The fourth-order valence-electron chi connectivity index (χ4n) is 2.87. The Morgan fingerprint density at radius 3 is 2.37 bits per heavy atom. The number of nitrogens with one attached hydrogen (secondary N) is 2. The zero-order chi connectivity index (χ0) is 25.1. The maximum Gasteiger partial charge on any atom is 0.422 e. The smallest absolute Gasteiger partial charge is 0.422 e. The fraction of sp³-hybridized carbons (Fsp3) is 0.318. The molecule has 35 heavy (non-hydrogen) atoms. The van der Waals surface area contributed by atoms with E-state index in [9.17, 15) is 27.6 Å². The number of anilines is 3. The molecule has 13 heteroatoms. The number of nitrogen functional groups attached to an aromatic ring is 1. The Morgan fingerprint density at radius 2 is 1.71 bits per heavy atom. The summed E-state index contributed by atoms with van der Waals surface area (Å²) in [6, 6.07) is 12.1. The third kappa shape index (κ3) is 11.3. The highest BCUT2D eigenvalue weighted by atomic mass is 35.5. The molecule has 2 aromatic rings.